The van der Waals surface area contributed by atoms with Gasteiger partial charge in [-0.05, 0) is 43.5 Å². The Hall–Kier alpha value is -1.55. The highest BCUT2D eigenvalue weighted by atomic mass is 32.2. The number of thiophene rings is 1. The van der Waals surface area contributed by atoms with Crippen molar-refractivity contribution >= 4 is 44.7 Å². The number of ether oxygens (including phenoxy) is 1. The number of carbonyl (C=O) groups is 1. The van der Waals surface area contributed by atoms with Crippen LogP contribution in [-0.4, -0.2) is 50.3 Å². The number of hydrogen-bond donors (Lipinski definition) is 1. The van der Waals surface area contributed by atoms with E-state index in [9.17, 15) is 13.2 Å². The molecule has 1 saturated carbocycles. The smallest absolute Gasteiger partial charge is 0.252 e. The lowest BCUT2D eigenvalue weighted by molar-refractivity contribution is -0.118. The lowest BCUT2D eigenvalue weighted by atomic mass is 9.95. The molecule has 1 aliphatic carbocycles. The van der Waals surface area contributed by atoms with Crippen molar-refractivity contribution in [3.63, 3.8) is 0 Å². The molecule has 9 heteroatoms. The third kappa shape index (κ3) is 3.93. The molecule has 0 radical (unpaired) electrons. The first-order chi connectivity index (χ1) is 13.9. The summed E-state index contributed by atoms with van der Waals surface area (Å²) in [4.78, 5) is 13.9. The standard InChI is InChI=1S/C20H24N2O4S3/c1-14-17(13-18(28-14)29(24,25)22-9-11-27-12-10-22)21-19(23)20(7-8-20)15-3-5-16(26-2)6-4-15/h3-6,13H,7-12H2,1-2H3,(H,21,23). The van der Waals surface area contributed by atoms with Crippen LogP contribution in [0.15, 0.2) is 34.5 Å². The quantitative estimate of drug-likeness (QED) is 0.726. The van der Waals surface area contributed by atoms with Gasteiger partial charge in [-0.2, -0.15) is 16.1 Å². The number of rotatable bonds is 6. The number of nitrogens with zero attached hydrogens (tertiary/aromatic N) is 1. The number of nitrogens with one attached hydrogen (secondary N) is 1. The summed E-state index contributed by atoms with van der Waals surface area (Å²) in [6.07, 6.45) is 1.57. The molecule has 1 N–H and O–H groups in total. The zero-order valence-corrected chi connectivity index (χ0v) is 18.9. The molecule has 0 atom stereocenters. The molecule has 2 heterocycles. The molecule has 0 unspecified atom stereocenters. The highest BCUT2D eigenvalue weighted by Gasteiger charge is 2.51. The number of methoxy groups -OCH3 is 1. The van der Waals surface area contributed by atoms with E-state index in [1.54, 1.807) is 29.2 Å². The van der Waals surface area contributed by atoms with E-state index in [4.69, 9.17) is 4.74 Å². The minimum atomic E-state index is -3.51. The van der Waals surface area contributed by atoms with Crippen LogP contribution in [0.25, 0.3) is 0 Å². The molecule has 1 aromatic heterocycles. The summed E-state index contributed by atoms with van der Waals surface area (Å²) in [6, 6.07) is 9.19. The van der Waals surface area contributed by atoms with Crippen molar-refractivity contribution < 1.29 is 17.9 Å². The minimum absolute atomic E-state index is 0.0816. The van der Waals surface area contributed by atoms with Crippen LogP contribution in [0.3, 0.4) is 0 Å². The fraction of sp³-hybridized carbons (Fsp3) is 0.450. The van der Waals surface area contributed by atoms with E-state index >= 15 is 0 Å². The second-order valence-electron chi connectivity index (χ2n) is 7.32. The third-order valence-corrected chi connectivity index (χ3v) is 9.88. The minimum Gasteiger partial charge on any atom is -0.497 e. The van der Waals surface area contributed by atoms with Crippen LogP contribution in [-0.2, 0) is 20.2 Å². The van der Waals surface area contributed by atoms with Gasteiger partial charge in [0.05, 0.1) is 18.2 Å². The summed E-state index contributed by atoms with van der Waals surface area (Å²) >= 11 is 2.99. The molecule has 2 fully saturated rings. The summed E-state index contributed by atoms with van der Waals surface area (Å²) in [5.74, 6) is 2.31. The molecule has 1 aliphatic heterocycles. The summed E-state index contributed by atoms with van der Waals surface area (Å²) in [7, 11) is -1.89. The van der Waals surface area contributed by atoms with Gasteiger partial charge >= 0.3 is 0 Å². The van der Waals surface area contributed by atoms with Crippen LogP contribution in [0, 0.1) is 6.92 Å². The van der Waals surface area contributed by atoms with E-state index in [2.05, 4.69) is 5.32 Å². The third-order valence-electron chi connectivity index (χ3n) is 5.53. The first kappa shape index (κ1) is 20.7. The van der Waals surface area contributed by atoms with E-state index in [1.807, 2.05) is 31.2 Å². The normalized spacial score (nSPS) is 19.0. The lowest BCUT2D eigenvalue weighted by Gasteiger charge is -2.24. The zero-order valence-electron chi connectivity index (χ0n) is 16.4. The van der Waals surface area contributed by atoms with E-state index in [-0.39, 0.29) is 5.91 Å². The van der Waals surface area contributed by atoms with Crippen LogP contribution < -0.4 is 10.1 Å². The van der Waals surface area contributed by atoms with Crippen LogP contribution in [0.5, 0.6) is 5.75 Å². The largest absolute Gasteiger partial charge is 0.497 e. The Morgan fingerprint density at radius 3 is 2.41 bits per heavy atom. The predicted octanol–water partition coefficient (Wildman–Crippen LogP) is 3.47. The van der Waals surface area contributed by atoms with Crippen molar-refractivity contribution in [2.45, 2.75) is 29.4 Å². The second-order valence-corrected chi connectivity index (χ2v) is 12.0. The molecule has 1 saturated heterocycles. The van der Waals surface area contributed by atoms with Gasteiger partial charge in [0.15, 0.2) is 0 Å². The highest BCUT2D eigenvalue weighted by Crippen LogP contribution is 2.49. The molecule has 1 amide bonds. The lowest BCUT2D eigenvalue weighted by Crippen LogP contribution is -2.37. The van der Waals surface area contributed by atoms with E-state index < -0.39 is 15.4 Å². The predicted molar refractivity (Wildman–Crippen MR) is 118 cm³/mol. The van der Waals surface area contributed by atoms with Crippen molar-refractivity contribution in [2.75, 3.05) is 37.0 Å². The van der Waals surface area contributed by atoms with Crippen LogP contribution >= 0.6 is 23.1 Å². The monoisotopic (exact) mass is 452 g/mol. The van der Waals surface area contributed by atoms with Crippen LogP contribution in [0.1, 0.15) is 23.3 Å². The van der Waals surface area contributed by atoms with Gasteiger partial charge in [0, 0.05) is 29.5 Å². The van der Waals surface area contributed by atoms with Crippen molar-refractivity contribution in [1.82, 2.24) is 4.31 Å². The van der Waals surface area contributed by atoms with E-state index in [1.165, 1.54) is 11.3 Å². The number of amides is 1. The molecule has 6 nitrogen and oxygen atoms in total. The first-order valence-electron chi connectivity index (χ1n) is 9.51. The summed E-state index contributed by atoms with van der Waals surface area (Å²) in [6.45, 7) is 2.91. The average Bonchev–Trinajstić information content (AvgIpc) is 3.47. The number of sulfonamides is 1. The maximum atomic E-state index is 13.1. The topological polar surface area (TPSA) is 75.7 Å². The molecule has 29 heavy (non-hydrogen) atoms. The molecule has 2 aliphatic rings. The fourth-order valence-electron chi connectivity index (χ4n) is 3.54. The summed E-state index contributed by atoms with van der Waals surface area (Å²) in [5.41, 5.74) is 1.01. The van der Waals surface area contributed by atoms with Gasteiger partial charge in [-0.25, -0.2) is 8.42 Å². The molecule has 0 bridgehead atoms. The van der Waals surface area contributed by atoms with Gasteiger partial charge in [0.25, 0.3) is 10.0 Å². The number of aryl methyl sites for hydroxylation is 1. The summed E-state index contributed by atoms with van der Waals surface area (Å²) in [5, 5.41) is 2.99. The van der Waals surface area contributed by atoms with Gasteiger partial charge in [-0.1, -0.05) is 12.1 Å². The molecule has 1 aromatic carbocycles. The molecule has 156 valence electrons. The number of thioether (sulfide) groups is 1. The second kappa shape index (κ2) is 7.94. The Kier molecular flexibility index (Phi) is 5.67. The van der Waals surface area contributed by atoms with Crippen molar-refractivity contribution in [3.8, 4) is 5.75 Å². The number of anilines is 1. The van der Waals surface area contributed by atoms with Gasteiger partial charge in [-0.3, -0.25) is 4.79 Å². The molecule has 4 rings (SSSR count). The Labute approximate surface area is 179 Å². The molecular formula is C20H24N2O4S3. The van der Waals surface area contributed by atoms with E-state index in [0.29, 0.717) is 23.0 Å². The van der Waals surface area contributed by atoms with Gasteiger partial charge in [0.2, 0.25) is 5.91 Å². The van der Waals surface area contributed by atoms with Crippen molar-refractivity contribution in [1.29, 1.82) is 0 Å². The molecule has 2 aromatic rings. The molecule has 0 spiro atoms. The maximum Gasteiger partial charge on any atom is 0.252 e. The van der Waals surface area contributed by atoms with Crippen LogP contribution in [0.4, 0.5) is 5.69 Å². The SMILES string of the molecule is COc1ccc(C2(C(=O)Nc3cc(S(=O)(=O)N4CCSCC4)sc3C)CC2)cc1. The van der Waals surface area contributed by atoms with Crippen LogP contribution in [0.2, 0.25) is 0 Å². The number of carbonyl (C=O) groups excluding carboxylic acids is 1. The van der Waals surface area contributed by atoms with Gasteiger partial charge in [0.1, 0.15) is 9.96 Å². The van der Waals surface area contributed by atoms with Gasteiger partial charge in [-0.15, -0.1) is 11.3 Å². The Bertz CT molecular complexity index is 1000. The summed E-state index contributed by atoms with van der Waals surface area (Å²) < 4.78 is 32.9. The number of hydrogen-bond acceptors (Lipinski definition) is 6. The van der Waals surface area contributed by atoms with Crippen molar-refractivity contribution in [2.24, 2.45) is 0 Å². The van der Waals surface area contributed by atoms with Gasteiger partial charge < -0.3 is 10.1 Å². The Balaban J connectivity index is 1.53. The molecular weight excluding hydrogens is 428 g/mol. The Morgan fingerprint density at radius 1 is 1.17 bits per heavy atom. The van der Waals surface area contributed by atoms with Crippen molar-refractivity contribution in [3.05, 3.63) is 40.8 Å². The highest BCUT2D eigenvalue weighted by molar-refractivity contribution is 7.99. The average molecular weight is 453 g/mol. The fourth-order valence-corrected chi connectivity index (χ4v) is 7.67. The van der Waals surface area contributed by atoms with E-state index in [0.717, 1.165) is 40.5 Å². The Morgan fingerprint density at radius 2 is 1.83 bits per heavy atom. The maximum absolute atomic E-state index is 13.1. The first-order valence-corrected chi connectivity index (χ1v) is 12.9. The number of benzene rings is 1. The zero-order chi connectivity index (χ0) is 20.6.